The van der Waals surface area contributed by atoms with Crippen molar-refractivity contribution in [1.29, 1.82) is 0 Å². The fraction of sp³-hybridized carbons (Fsp3) is 1.00. The first-order valence-corrected chi connectivity index (χ1v) is 8.86. The van der Waals surface area contributed by atoms with E-state index in [1.165, 1.54) is 19.3 Å². The molecule has 0 aromatic rings. The van der Waals surface area contributed by atoms with E-state index in [-0.39, 0.29) is 11.7 Å². The highest BCUT2D eigenvalue weighted by molar-refractivity contribution is 8.13. The number of unbranched alkanes of at least 4 members (excludes halogenated alkanes) is 1. The summed E-state index contributed by atoms with van der Waals surface area (Å²) in [6.45, 7) is 7.38. The molecule has 0 aromatic heterocycles. The Hall–Kier alpha value is 0.200. The predicted octanol–water partition coefficient (Wildman–Crippen LogP) is 3.42. The van der Waals surface area contributed by atoms with Gasteiger partial charge < -0.3 is 4.74 Å². The van der Waals surface area contributed by atoms with Crippen molar-refractivity contribution in [3.8, 4) is 0 Å². The van der Waals surface area contributed by atoms with E-state index in [0.717, 1.165) is 13.0 Å². The number of halogens is 1. The number of hydrogen-bond acceptors (Lipinski definition) is 3. The first-order valence-electron chi connectivity index (χ1n) is 6.39. The van der Waals surface area contributed by atoms with Crippen LogP contribution in [-0.4, -0.2) is 27.4 Å². The van der Waals surface area contributed by atoms with E-state index in [1.807, 2.05) is 6.92 Å². The van der Waals surface area contributed by atoms with Crippen LogP contribution in [0.3, 0.4) is 0 Å². The highest BCUT2D eigenvalue weighted by Crippen LogP contribution is 2.14. The lowest BCUT2D eigenvalue weighted by molar-refractivity contribution is 0.0757. The van der Waals surface area contributed by atoms with Gasteiger partial charge in [0.25, 0.3) is 0 Å². The van der Waals surface area contributed by atoms with Gasteiger partial charge in [-0.1, -0.05) is 40.0 Å². The first kappa shape index (κ1) is 17.2. The van der Waals surface area contributed by atoms with Crippen LogP contribution in [-0.2, 0) is 13.8 Å². The molecule has 0 amide bonds. The zero-order valence-electron chi connectivity index (χ0n) is 11.1. The van der Waals surface area contributed by atoms with E-state index >= 15 is 0 Å². The second-order valence-corrected chi connectivity index (χ2v) is 7.59. The third-order valence-corrected chi connectivity index (χ3v) is 4.13. The van der Waals surface area contributed by atoms with E-state index in [4.69, 9.17) is 15.4 Å². The fourth-order valence-corrected chi connectivity index (χ4v) is 3.14. The van der Waals surface area contributed by atoms with E-state index in [2.05, 4.69) is 13.8 Å². The number of rotatable bonds is 10. The van der Waals surface area contributed by atoms with Gasteiger partial charge in [0.15, 0.2) is 0 Å². The molecule has 0 aliphatic carbocycles. The van der Waals surface area contributed by atoms with Crippen molar-refractivity contribution in [2.45, 2.75) is 46.5 Å². The first-order chi connectivity index (χ1) is 7.89. The molecule has 0 N–H and O–H groups in total. The standard InChI is InChI=1S/C12H25ClO3S/c1-4-6-7-12(5-2)9-16-8-11(3)10-17(13,14)15/h11-12H,4-10H2,1-3H3. The molecular formula is C12H25ClO3S. The molecule has 2 atom stereocenters. The minimum atomic E-state index is -3.40. The van der Waals surface area contributed by atoms with E-state index in [0.29, 0.717) is 12.5 Å². The summed E-state index contributed by atoms with van der Waals surface area (Å²) < 4.78 is 27.3. The SMILES string of the molecule is CCCCC(CC)COCC(C)CS(=O)(=O)Cl. The number of ether oxygens (including phenoxy) is 1. The van der Waals surface area contributed by atoms with Crippen LogP contribution in [0.2, 0.25) is 0 Å². The summed E-state index contributed by atoms with van der Waals surface area (Å²) in [4.78, 5) is 0. The van der Waals surface area contributed by atoms with Crippen LogP contribution in [0.15, 0.2) is 0 Å². The normalized spacial score (nSPS) is 15.8. The molecule has 5 heteroatoms. The van der Waals surface area contributed by atoms with Crippen LogP contribution in [0.1, 0.15) is 46.5 Å². The van der Waals surface area contributed by atoms with Crippen molar-refractivity contribution in [2.24, 2.45) is 11.8 Å². The van der Waals surface area contributed by atoms with Crippen molar-refractivity contribution in [3.05, 3.63) is 0 Å². The number of hydrogen-bond donors (Lipinski definition) is 0. The van der Waals surface area contributed by atoms with Gasteiger partial charge in [0.1, 0.15) is 0 Å². The van der Waals surface area contributed by atoms with E-state index < -0.39 is 9.05 Å². The molecule has 0 saturated heterocycles. The van der Waals surface area contributed by atoms with Crippen LogP contribution in [0.4, 0.5) is 0 Å². The van der Waals surface area contributed by atoms with Crippen LogP contribution in [0.25, 0.3) is 0 Å². The average molecular weight is 285 g/mol. The van der Waals surface area contributed by atoms with Crippen LogP contribution >= 0.6 is 10.7 Å². The summed E-state index contributed by atoms with van der Waals surface area (Å²) in [7, 11) is 1.78. The highest BCUT2D eigenvalue weighted by atomic mass is 35.7. The topological polar surface area (TPSA) is 43.4 Å². The Kier molecular flexibility index (Phi) is 9.28. The van der Waals surface area contributed by atoms with Crippen molar-refractivity contribution >= 4 is 19.7 Å². The molecule has 0 heterocycles. The Morgan fingerprint density at radius 1 is 1.24 bits per heavy atom. The van der Waals surface area contributed by atoms with Gasteiger partial charge in [-0.2, -0.15) is 0 Å². The molecule has 0 spiro atoms. The summed E-state index contributed by atoms with van der Waals surface area (Å²) in [6.07, 6.45) is 4.74. The molecule has 17 heavy (non-hydrogen) atoms. The Bertz CT molecular complexity index is 277. The Morgan fingerprint density at radius 2 is 1.88 bits per heavy atom. The zero-order chi connectivity index (χ0) is 13.3. The molecule has 0 radical (unpaired) electrons. The summed E-state index contributed by atoms with van der Waals surface area (Å²) in [6, 6.07) is 0. The monoisotopic (exact) mass is 284 g/mol. The summed E-state index contributed by atoms with van der Waals surface area (Å²) >= 11 is 0. The molecule has 0 aliphatic heterocycles. The molecule has 3 nitrogen and oxygen atoms in total. The quantitative estimate of drug-likeness (QED) is 0.577. The van der Waals surface area contributed by atoms with Gasteiger partial charge in [-0.3, -0.25) is 0 Å². The van der Waals surface area contributed by atoms with Crippen molar-refractivity contribution in [3.63, 3.8) is 0 Å². The molecule has 2 unspecified atom stereocenters. The lowest BCUT2D eigenvalue weighted by atomic mass is 10.0. The molecule has 104 valence electrons. The molecular weight excluding hydrogens is 260 g/mol. The van der Waals surface area contributed by atoms with E-state index in [1.54, 1.807) is 0 Å². The fourth-order valence-electron chi connectivity index (χ4n) is 1.72. The largest absolute Gasteiger partial charge is 0.381 e. The molecule has 0 fully saturated rings. The summed E-state index contributed by atoms with van der Waals surface area (Å²) in [5.74, 6) is 0.538. The van der Waals surface area contributed by atoms with Crippen molar-refractivity contribution in [1.82, 2.24) is 0 Å². The molecule has 0 aliphatic rings. The van der Waals surface area contributed by atoms with Crippen molar-refractivity contribution in [2.75, 3.05) is 19.0 Å². The van der Waals surface area contributed by atoms with Gasteiger partial charge in [0, 0.05) is 17.3 Å². The lowest BCUT2D eigenvalue weighted by Crippen LogP contribution is -2.17. The zero-order valence-corrected chi connectivity index (χ0v) is 12.7. The summed E-state index contributed by atoms with van der Waals surface area (Å²) in [5, 5.41) is 0. The summed E-state index contributed by atoms with van der Waals surface area (Å²) in [5.41, 5.74) is 0. The van der Waals surface area contributed by atoms with Crippen LogP contribution < -0.4 is 0 Å². The maximum absolute atomic E-state index is 10.8. The van der Waals surface area contributed by atoms with Crippen LogP contribution in [0, 0.1) is 11.8 Å². The Labute approximate surface area is 110 Å². The van der Waals surface area contributed by atoms with Gasteiger partial charge in [0.2, 0.25) is 9.05 Å². The second-order valence-electron chi connectivity index (χ2n) is 4.76. The minimum absolute atomic E-state index is 0.0136. The molecule has 0 rings (SSSR count). The van der Waals surface area contributed by atoms with Gasteiger partial charge in [-0.25, -0.2) is 8.42 Å². The second kappa shape index (κ2) is 9.17. The third-order valence-electron chi connectivity index (χ3n) is 2.78. The van der Waals surface area contributed by atoms with Gasteiger partial charge >= 0.3 is 0 Å². The lowest BCUT2D eigenvalue weighted by Gasteiger charge is -2.16. The van der Waals surface area contributed by atoms with Crippen LogP contribution in [0.5, 0.6) is 0 Å². The molecule has 0 bridgehead atoms. The minimum Gasteiger partial charge on any atom is -0.381 e. The maximum Gasteiger partial charge on any atom is 0.232 e. The average Bonchev–Trinajstić information content (AvgIpc) is 2.20. The molecule has 0 aromatic carbocycles. The Balaban J connectivity index is 3.73. The Morgan fingerprint density at radius 3 is 2.35 bits per heavy atom. The van der Waals surface area contributed by atoms with Crippen molar-refractivity contribution < 1.29 is 13.2 Å². The smallest absolute Gasteiger partial charge is 0.232 e. The highest BCUT2D eigenvalue weighted by Gasteiger charge is 2.13. The third kappa shape index (κ3) is 11.0. The van der Waals surface area contributed by atoms with Gasteiger partial charge in [0.05, 0.1) is 12.4 Å². The maximum atomic E-state index is 10.8. The van der Waals surface area contributed by atoms with Gasteiger partial charge in [-0.15, -0.1) is 0 Å². The molecule has 0 saturated carbocycles. The predicted molar refractivity (Wildman–Crippen MR) is 72.9 cm³/mol. The van der Waals surface area contributed by atoms with E-state index in [9.17, 15) is 8.42 Å². The van der Waals surface area contributed by atoms with Gasteiger partial charge in [-0.05, 0) is 18.3 Å².